The summed E-state index contributed by atoms with van der Waals surface area (Å²) in [6.07, 6.45) is 1.53. The zero-order valence-corrected chi connectivity index (χ0v) is 12.0. The van der Waals surface area contributed by atoms with Gasteiger partial charge in [-0.2, -0.15) is 0 Å². The van der Waals surface area contributed by atoms with Gasteiger partial charge in [0, 0.05) is 26.2 Å². The van der Waals surface area contributed by atoms with Crippen molar-refractivity contribution in [1.29, 1.82) is 0 Å². The van der Waals surface area contributed by atoms with Crippen molar-refractivity contribution in [3.63, 3.8) is 0 Å². The maximum atomic E-state index is 12.1. The smallest absolute Gasteiger partial charge is 0.169 e. The molecule has 0 fully saturated rings. The molecule has 0 amide bonds. The first kappa shape index (κ1) is 12.5. The van der Waals surface area contributed by atoms with E-state index in [1.807, 2.05) is 24.3 Å². The summed E-state index contributed by atoms with van der Waals surface area (Å²) in [6.45, 7) is 2.13. The van der Waals surface area contributed by atoms with Gasteiger partial charge in [0.1, 0.15) is 0 Å². The molecule has 0 bridgehead atoms. The summed E-state index contributed by atoms with van der Waals surface area (Å²) >= 11 is 5.14. The fourth-order valence-corrected chi connectivity index (χ4v) is 3.11. The molecule has 1 aromatic heterocycles. The van der Waals surface area contributed by atoms with E-state index in [1.54, 1.807) is 11.3 Å². The van der Waals surface area contributed by atoms with Crippen LogP contribution in [0.2, 0.25) is 0 Å². The third kappa shape index (κ3) is 3.05. The number of aryl methyl sites for hydroxylation is 1. The Hall–Kier alpha value is -0.930. The number of thiophene rings is 1. The van der Waals surface area contributed by atoms with E-state index in [0.717, 1.165) is 21.3 Å². The highest BCUT2D eigenvalue weighted by Crippen LogP contribution is 2.22. The normalized spacial score (nSPS) is 10.5. The zero-order valence-electron chi connectivity index (χ0n) is 9.57. The average molecular weight is 309 g/mol. The Kier molecular flexibility index (Phi) is 4.13. The summed E-state index contributed by atoms with van der Waals surface area (Å²) in [6, 6.07) is 11.7. The van der Waals surface area contributed by atoms with Crippen molar-refractivity contribution in [1.82, 2.24) is 0 Å². The van der Waals surface area contributed by atoms with Crippen molar-refractivity contribution in [3.05, 3.63) is 56.2 Å². The van der Waals surface area contributed by atoms with Gasteiger partial charge in [-0.15, -0.1) is 11.3 Å². The quantitative estimate of drug-likeness (QED) is 0.760. The van der Waals surface area contributed by atoms with Crippen molar-refractivity contribution in [2.75, 3.05) is 0 Å². The predicted octanol–water partition coefficient (Wildman–Crippen LogP) is 4.50. The minimum Gasteiger partial charge on any atom is -0.294 e. The molecule has 0 saturated carbocycles. The summed E-state index contributed by atoms with van der Waals surface area (Å²) in [7, 11) is 0. The Morgan fingerprint density at radius 1 is 1.18 bits per heavy atom. The van der Waals surface area contributed by atoms with Crippen LogP contribution in [0.5, 0.6) is 0 Å². The predicted molar refractivity (Wildman–Crippen MR) is 75.9 cm³/mol. The summed E-state index contributed by atoms with van der Waals surface area (Å²) in [5.41, 5.74) is 0.763. The highest BCUT2D eigenvalue weighted by Gasteiger charge is 2.11. The number of hydrogen-bond acceptors (Lipinski definition) is 2. The van der Waals surface area contributed by atoms with Crippen LogP contribution in [0.1, 0.15) is 27.0 Å². The summed E-state index contributed by atoms with van der Waals surface area (Å²) < 4.78 is 0.872. The maximum Gasteiger partial charge on any atom is 0.169 e. The molecule has 1 nitrogen and oxygen atoms in total. The molecule has 0 atom stereocenters. The topological polar surface area (TPSA) is 17.1 Å². The number of carbonyl (C=O) groups excluding carboxylic acids is 1. The summed E-state index contributed by atoms with van der Waals surface area (Å²) in [5.74, 6) is 0.168. The van der Waals surface area contributed by atoms with Crippen LogP contribution in [-0.2, 0) is 12.8 Å². The molecular weight excluding hydrogens is 296 g/mol. The first-order chi connectivity index (χ1) is 8.20. The number of hydrogen-bond donors (Lipinski definition) is 0. The van der Waals surface area contributed by atoms with Crippen LogP contribution in [0.3, 0.4) is 0 Å². The third-order valence-electron chi connectivity index (χ3n) is 2.57. The Labute approximate surface area is 114 Å². The molecule has 0 aliphatic heterocycles. The second kappa shape index (κ2) is 5.61. The molecule has 3 heteroatoms. The number of Topliss-reactive ketones (excluding diaryl/α,β-unsaturated/α-hetero) is 1. The lowest BCUT2D eigenvalue weighted by Crippen LogP contribution is -2.02. The van der Waals surface area contributed by atoms with E-state index in [-0.39, 0.29) is 5.78 Å². The summed E-state index contributed by atoms with van der Waals surface area (Å²) in [4.78, 5) is 14.6. The number of carbonyl (C=O) groups is 1. The second-order valence-corrected chi connectivity index (χ2v) is 5.91. The average Bonchev–Trinajstić information content (AvgIpc) is 2.77. The van der Waals surface area contributed by atoms with Gasteiger partial charge in [0.15, 0.2) is 5.78 Å². The van der Waals surface area contributed by atoms with Crippen LogP contribution in [0.4, 0.5) is 0 Å². The van der Waals surface area contributed by atoms with E-state index < -0.39 is 0 Å². The number of ketones is 1. The molecule has 0 radical (unpaired) electrons. The van der Waals surface area contributed by atoms with Gasteiger partial charge < -0.3 is 0 Å². The van der Waals surface area contributed by atoms with Gasteiger partial charge in [0.25, 0.3) is 0 Å². The monoisotopic (exact) mass is 308 g/mol. The molecule has 2 rings (SSSR count). The van der Waals surface area contributed by atoms with E-state index in [0.29, 0.717) is 6.42 Å². The summed E-state index contributed by atoms with van der Waals surface area (Å²) in [5, 5.41) is 0. The fraction of sp³-hybridized carbons (Fsp3) is 0.214. The number of benzene rings is 1. The molecule has 1 heterocycles. The maximum absolute atomic E-state index is 12.1. The largest absolute Gasteiger partial charge is 0.294 e. The first-order valence-electron chi connectivity index (χ1n) is 5.56. The Morgan fingerprint density at radius 3 is 2.53 bits per heavy atom. The van der Waals surface area contributed by atoms with E-state index in [2.05, 4.69) is 35.0 Å². The SMILES string of the molecule is CCc1ccc(CC(=O)c2ccccc2Br)s1. The van der Waals surface area contributed by atoms with Gasteiger partial charge in [-0.05, 0) is 24.6 Å². The Bertz CT molecular complexity index is 531. The highest BCUT2D eigenvalue weighted by molar-refractivity contribution is 9.10. The number of halogens is 1. The van der Waals surface area contributed by atoms with Gasteiger partial charge in [-0.25, -0.2) is 0 Å². The molecule has 0 saturated heterocycles. The highest BCUT2D eigenvalue weighted by atomic mass is 79.9. The lowest BCUT2D eigenvalue weighted by Gasteiger charge is -2.01. The standard InChI is InChI=1S/C14H13BrOS/c1-2-10-7-8-11(17-10)9-14(16)12-5-3-4-6-13(12)15/h3-8H,2,9H2,1H3. The van der Waals surface area contributed by atoms with Crippen LogP contribution in [-0.4, -0.2) is 5.78 Å². The van der Waals surface area contributed by atoms with E-state index >= 15 is 0 Å². The molecule has 0 N–H and O–H groups in total. The third-order valence-corrected chi connectivity index (χ3v) is 4.50. The van der Waals surface area contributed by atoms with Crippen LogP contribution in [0.25, 0.3) is 0 Å². The van der Waals surface area contributed by atoms with Crippen LogP contribution < -0.4 is 0 Å². The van der Waals surface area contributed by atoms with E-state index in [4.69, 9.17) is 0 Å². The first-order valence-corrected chi connectivity index (χ1v) is 7.17. The van der Waals surface area contributed by atoms with Crippen LogP contribution in [0, 0.1) is 0 Å². The number of rotatable bonds is 4. The van der Waals surface area contributed by atoms with Crippen molar-refractivity contribution in [3.8, 4) is 0 Å². The minimum absolute atomic E-state index is 0.168. The molecule has 88 valence electrons. The molecule has 0 spiro atoms. The van der Waals surface area contributed by atoms with Crippen molar-refractivity contribution in [2.45, 2.75) is 19.8 Å². The minimum atomic E-state index is 0.168. The molecule has 0 aliphatic rings. The van der Waals surface area contributed by atoms with E-state index in [1.165, 1.54) is 4.88 Å². The Morgan fingerprint density at radius 2 is 1.88 bits per heavy atom. The molecule has 17 heavy (non-hydrogen) atoms. The molecular formula is C14H13BrOS. The molecule has 0 unspecified atom stereocenters. The fourth-order valence-electron chi connectivity index (χ4n) is 1.65. The Balaban J connectivity index is 2.14. The van der Waals surface area contributed by atoms with E-state index in [9.17, 15) is 4.79 Å². The lowest BCUT2D eigenvalue weighted by atomic mass is 10.1. The van der Waals surface area contributed by atoms with Crippen LogP contribution in [0.15, 0.2) is 40.9 Å². The lowest BCUT2D eigenvalue weighted by molar-refractivity contribution is 0.0993. The molecule has 1 aromatic carbocycles. The van der Waals surface area contributed by atoms with Crippen LogP contribution >= 0.6 is 27.3 Å². The second-order valence-electron chi connectivity index (χ2n) is 3.80. The van der Waals surface area contributed by atoms with Gasteiger partial charge >= 0.3 is 0 Å². The van der Waals surface area contributed by atoms with Gasteiger partial charge in [-0.1, -0.05) is 41.1 Å². The van der Waals surface area contributed by atoms with Crippen molar-refractivity contribution >= 4 is 33.0 Å². The van der Waals surface area contributed by atoms with Crippen molar-refractivity contribution in [2.24, 2.45) is 0 Å². The molecule has 0 aliphatic carbocycles. The zero-order chi connectivity index (χ0) is 12.3. The van der Waals surface area contributed by atoms with Gasteiger partial charge in [0.2, 0.25) is 0 Å². The molecule has 2 aromatic rings. The van der Waals surface area contributed by atoms with Gasteiger partial charge in [0.05, 0.1) is 0 Å². The van der Waals surface area contributed by atoms with Crippen molar-refractivity contribution < 1.29 is 4.79 Å². The van der Waals surface area contributed by atoms with Gasteiger partial charge in [-0.3, -0.25) is 4.79 Å².